The molecule has 0 bridgehead atoms. The van der Waals surface area contributed by atoms with Crippen molar-refractivity contribution in [3.8, 4) is 0 Å². The number of aliphatic carboxylic acids is 2. The number of nitrogen functional groups attached to an aromatic ring is 1. The van der Waals surface area contributed by atoms with E-state index in [1.165, 1.54) is 37.1 Å². The van der Waals surface area contributed by atoms with Crippen molar-refractivity contribution in [3.63, 3.8) is 0 Å². The molecule has 0 radical (unpaired) electrons. The van der Waals surface area contributed by atoms with E-state index < -0.39 is 52.3 Å². The summed E-state index contributed by atoms with van der Waals surface area (Å²) in [5.74, 6) is -4.28. The Bertz CT molecular complexity index is 2390. The highest BCUT2D eigenvalue weighted by Gasteiger charge is 2.55. The molecule has 0 saturated carbocycles. The molecular formula is C37H40FN10O8S2+. The predicted octanol–water partition coefficient (Wildman–Crippen LogP) is 1.57. The summed E-state index contributed by atoms with van der Waals surface area (Å²) in [4.78, 5) is 66.9. The van der Waals surface area contributed by atoms with Crippen LogP contribution >= 0.6 is 23.1 Å². The van der Waals surface area contributed by atoms with E-state index in [2.05, 4.69) is 25.9 Å². The zero-order valence-corrected chi connectivity index (χ0v) is 32.9. The summed E-state index contributed by atoms with van der Waals surface area (Å²) in [7, 11) is 0. The maximum Gasteiger partial charge on any atom is 0.352 e. The van der Waals surface area contributed by atoms with Crippen LogP contribution in [0.5, 0.6) is 0 Å². The number of thioether (sulfide) groups is 1. The summed E-state index contributed by atoms with van der Waals surface area (Å²) in [6.45, 7) is 4.56. The number of oxime groups is 2. The molecule has 3 aromatic heterocycles. The fourth-order valence-corrected chi connectivity index (χ4v) is 8.45. The van der Waals surface area contributed by atoms with Gasteiger partial charge in [0.25, 0.3) is 11.8 Å². The van der Waals surface area contributed by atoms with Gasteiger partial charge in [-0.25, -0.2) is 23.5 Å². The number of benzene rings is 1. The van der Waals surface area contributed by atoms with Crippen molar-refractivity contribution in [2.24, 2.45) is 16.0 Å². The number of thiazole rings is 1. The Morgan fingerprint density at radius 2 is 1.95 bits per heavy atom. The van der Waals surface area contributed by atoms with Gasteiger partial charge in [-0.2, -0.15) is 0 Å². The molecule has 0 spiro atoms. The van der Waals surface area contributed by atoms with Crippen molar-refractivity contribution in [2.75, 3.05) is 24.6 Å². The summed E-state index contributed by atoms with van der Waals surface area (Å²) in [5, 5.41) is 34.9. The number of pyridine rings is 1. The normalized spacial score (nSPS) is 19.2. The standard InChI is InChI=1S/C37H39FN10O8S2/c1-37(2,35(53)54)56-44-27(25-18-58-36(40)42-25)31(49)43-28-32(50)48-29(34(51)52)22(17-57-33(28)48)15-46-11-8-26-21(14-46)7-12-47(26)16-20-4-3-19(13-24(20)38)30(39)45-55-23-5-9-41-10-6-23/h3-4,7-8,11-14,18,23,28,33,41H,5-6,9-10,15-17H2,1-2H3,(H6-,39,40,42,43,45,49,51,52,53,54)/p+1/b44-27-/t28-,33-/m1/s1. The first-order valence-corrected chi connectivity index (χ1v) is 20.0. The summed E-state index contributed by atoms with van der Waals surface area (Å²) in [6.07, 6.45) is 7.06. The number of carbonyl (C=O) groups is 4. The fraction of sp³-hybridized carbons (Fsp3) is 0.351. The zero-order valence-electron chi connectivity index (χ0n) is 31.3. The Hall–Kier alpha value is -6.06. The number of nitrogens with two attached hydrogens (primary N) is 2. The number of aromatic nitrogens is 3. The van der Waals surface area contributed by atoms with E-state index in [0.29, 0.717) is 16.7 Å². The minimum absolute atomic E-state index is 0.00515. The molecule has 58 heavy (non-hydrogen) atoms. The predicted molar refractivity (Wildman–Crippen MR) is 211 cm³/mol. The first-order valence-electron chi connectivity index (χ1n) is 18.1. The fourth-order valence-electron chi connectivity index (χ4n) is 6.56. The van der Waals surface area contributed by atoms with Crippen LogP contribution in [0.25, 0.3) is 10.9 Å². The van der Waals surface area contributed by atoms with Crippen LogP contribution in [0.4, 0.5) is 9.52 Å². The largest absolute Gasteiger partial charge is 0.478 e. The number of piperidine rings is 1. The number of carboxylic acid groups (broad SMARTS) is 2. The summed E-state index contributed by atoms with van der Waals surface area (Å²) in [5.41, 5.74) is 11.6. The molecular weight excluding hydrogens is 796 g/mol. The summed E-state index contributed by atoms with van der Waals surface area (Å²) in [6, 6.07) is 7.31. The average molecular weight is 836 g/mol. The van der Waals surface area contributed by atoms with Crippen LogP contribution in [0.1, 0.15) is 43.5 Å². The van der Waals surface area contributed by atoms with Crippen molar-refractivity contribution in [2.45, 2.75) is 62.9 Å². The molecule has 1 aromatic carbocycles. The van der Waals surface area contributed by atoms with Gasteiger partial charge in [-0.1, -0.05) is 22.4 Å². The van der Waals surface area contributed by atoms with Gasteiger partial charge in [0.2, 0.25) is 5.60 Å². The topological polar surface area (TPSA) is 253 Å². The molecule has 0 unspecified atom stereocenters. The number of anilines is 1. The van der Waals surface area contributed by atoms with Gasteiger partial charge in [-0.15, -0.1) is 23.1 Å². The van der Waals surface area contributed by atoms with Gasteiger partial charge in [0.15, 0.2) is 35.6 Å². The summed E-state index contributed by atoms with van der Waals surface area (Å²) < 4.78 is 19.0. The maximum absolute atomic E-state index is 15.3. The molecule has 304 valence electrons. The van der Waals surface area contributed by atoms with E-state index in [1.54, 1.807) is 22.9 Å². The van der Waals surface area contributed by atoms with Crippen LogP contribution in [-0.2, 0) is 41.9 Å². The molecule has 6 heterocycles. The number of carboxylic acids is 2. The zero-order chi connectivity index (χ0) is 41.3. The smallest absolute Gasteiger partial charge is 0.352 e. The van der Waals surface area contributed by atoms with Crippen molar-refractivity contribution >= 4 is 74.4 Å². The number of hydrogen-bond acceptors (Lipinski definition) is 13. The lowest BCUT2D eigenvalue weighted by Crippen LogP contribution is -2.71. The number of nitrogens with zero attached hydrogens (tertiary/aromatic N) is 6. The van der Waals surface area contributed by atoms with Crippen LogP contribution in [-0.4, -0.2) is 102 Å². The first kappa shape index (κ1) is 40.1. The maximum atomic E-state index is 15.3. The van der Waals surface area contributed by atoms with Crippen LogP contribution in [0.3, 0.4) is 0 Å². The first-order chi connectivity index (χ1) is 27.7. The number of amides is 2. The van der Waals surface area contributed by atoms with Gasteiger partial charge in [-0.05, 0) is 51.9 Å². The molecule has 4 aromatic rings. The Labute approximate surface area is 338 Å². The van der Waals surface area contributed by atoms with E-state index >= 15 is 4.39 Å². The SMILES string of the molecule is CC(C)(O/N=C(\C(=O)N[C@@H]1C(=O)N2C(C(=O)O)=C(C[n+]3ccc4c(ccn4Cc4ccc(C(N)=NOC5CCNCC5)cc4F)c3)CS[C@H]12)c1csc(N)n1)C(=O)O. The minimum Gasteiger partial charge on any atom is -0.478 e. The number of hydrogen-bond donors (Lipinski definition) is 6. The third-order valence-electron chi connectivity index (χ3n) is 9.81. The Morgan fingerprint density at radius 3 is 2.64 bits per heavy atom. The number of rotatable bonds is 14. The molecule has 21 heteroatoms. The lowest BCUT2D eigenvalue weighted by Gasteiger charge is -2.49. The number of nitrogens with one attached hydrogen (secondary N) is 2. The second kappa shape index (κ2) is 16.4. The molecule has 18 nitrogen and oxygen atoms in total. The quantitative estimate of drug-likeness (QED) is 0.0347. The molecule has 2 saturated heterocycles. The van der Waals surface area contributed by atoms with Gasteiger partial charge in [0.05, 0.1) is 17.4 Å². The lowest BCUT2D eigenvalue weighted by molar-refractivity contribution is -0.687. The molecule has 2 amide bonds. The van der Waals surface area contributed by atoms with Crippen LogP contribution in [0.2, 0.25) is 0 Å². The molecule has 2 fully saturated rings. The highest BCUT2D eigenvalue weighted by Crippen LogP contribution is 2.40. The highest BCUT2D eigenvalue weighted by atomic mass is 32.2. The molecule has 0 aliphatic carbocycles. The number of carbonyl (C=O) groups excluding carboxylic acids is 2. The Balaban J connectivity index is 1.03. The molecule has 8 N–H and O–H groups in total. The minimum atomic E-state index is -1.79. The van der Waals surface area contributed by atoms with Gasteiger partial charge in [0, 0.05) is 40.1 Å². The van der Waals surface area contributed by atoms with Gasteiger partial charge < -0.3 is 46.6 Å². The van der Waals surface area contributed by atoms with Crippen LogP contribution < -0.4 is 26.7 Å². The lowest BCUT2D eigenvalue weighted by atomic mass is 10.0. The van der Waals surface area contributed by atoms with E-state index in [-0.39, 0.29) is 47.3 Å². The van der Waals surface area contributed by atoms with Gasteiger partial charge in [-0.3, -0.25) is 14.5 Å². The Morgan fingerprint density at radius 1 is 1.17 bits per heavy atom. The summed E-state index contributed by atoms with van der Waals surface area (Å²) >= 11 is 2.29. The Kier molecular flexibility index (Phi) is 11.4. The molecule has 3 aliphatic rings. The van der Waals surface area contributed by atoms with E-state index in [4.69, 9.17) is 21.1 Å². The van der Waals surface area contributed by atoms with E-state index in [0.717, 1.165) is 53.1 Å². The average Bonchev–Trinajstić information content (AvgIpc) is 3.81. The monoisotopic (exact) mass is 835 g/mol. The number of fused-ring (bicyclic) bond motifs is 2. The molecule has 3 aliphatic heterocycles. The van der Waals surface area contributed by atoms with Crippen molar-refractivity contribution in [1.29, 1.82) is 0 Å². The number of β-lactam (4-membered cyclic amide) rings is 1. The van der Waals surface area contributed by atoms with Crippen molar-refractivity contribution < 1.29 is 48.0 Å². The molecule has 7 rings (SSSR count). The highest BCUT2D eigenvalue weighted by molar-refractivity contribution is 8.00. The van der Waals surface area contributed by atoms with Crippen LogP contribution in [0, 0.1) is 5.82 Å². The second-order valence-corrected chi connectivity index (χ2v) is 16.3. The molecule has 2 atom stereocenters. The van der Waals surface area contributed by atoms with Gasteiger partial charge in [0.1, 0.15) is 34.7 Å². The van der Waals surface area contributed by atoms with E-state index in [1.807, 2.05) is 29.1 Å². The van der Waals surface area contributed by atoms with Crippen molar-refractivity contribution in [1.82, 2.24) is 25.1 Å². The van der Waals surface area contributed by atoms with Crippen LogP contribution in [0.15, 0.2) is 75.9 Å². The third-order valence-corrected chi connectivity index (χ3v) is 11.8. The second-order valence-electron chi connectivity index (χ2n) is 14.3. The van der Waals surface area contributed by atoms with E-state index in [9.17, 15) is 29.4 Å². The van der Waals surface area contributed by atoms with Gasteiger partial charge >= 0.3 is 11.9 Å². The van der Waals surface area contributed by atoms with Crippen molar-refractivity contribution in [3.05, 3.63) is 88.2 Å². The number of amidine groups is 1. The number of halogens is 1. The third kappa shape index (κ3) is 8.31.